The first kappa shape index (κ1) is 28.2. The number of carboxylic acid groups (broad SMARTS) is 1. The van der Waals surface area contributed by atoms with Crippen LogP contribution in [-0.2, 0) is 15.8 Å². The Morgan fingerprint density at radius 3 is 2.24 bits per heavy atom. The van der Waals surface area contributed by atoms with Crippen LogP contribution < -0.4 is 10.2 Å². The van der Waals surface area contributed by atoms with Gasteiger partial charge in [-0.2, -0.15) is 13.2 Å². The summed E-state index contributed by atoms with van der Waals surface area (Å²) in [5.41, 5.74) is 0.570. The molecule has 2 amide bonds. The van der Waals surface area contributed by atoms with Crippen LogP contribution in [0.1, 0.15) is 48.4 Å². The van der Waals surface area contributed by atoms with Crippen molar-refractivity contribution in [1.82, 2.24) is 9.88 Å². The number of halogens is 3. The molecule has 2 aromatic carbocycles. The highest BCUT2D eigenvalue weighted by Gasteiger charge is 2.42. The Morgan fingerprint density at radius 1 is 0.927 bits per heavy atom. The van der Waals surface area contributed by atoms with Gasteiger partial charge in [-0.05, 0) is 68.5 Å². The number of alkyl halides is 3. The van der Waals surface area contributed by atoms with Gasteiger partial charge in [0.05, 0.1) is 0 Å². The van der Waals surface area contributed by atoms with Crippen LogP contribution in [-0.4, -0.2) is 58.5 Å². The lowest BCUT2D eigenvalue weighted by Crippen LogP contribution is -2.51. The Bertz CT molecular complexity index is 1400. The van der Waals surface area contributed by atoms with E-state index >= 15 is 0 Å². The zero-order chi connectivity index (χ0) is 29.1. The second kappa shape index (κ2) is 11.6. The minimum Gasteiger partial charge on any atom is -0.480 e. The lowest BCUT2D eigenvalue weighted by molar-refractivity contribution is -0.154. The molecule has 0 saturated carbocycles. The van der Waals surface area contributed by atoms with Gasteiger partial charge in [-0.3, -0.25) is 9.59 Å². The topological polar surface area (TPSA) is 116 Å². The van der Waals surface area contributed by atoms with Gasteiger partial charge in [0, 0.05) is 42.5 Å². The molecule has 1 atom stereocenters. The molecule has 1 aromatic heterocycles. The molecule has 0 aliphatic carbocycles. The van der Waals surface area contributed by atoms with Crippen LogP contribution in [0.15, 0.2) is 59.0 Å². The van der Waals surface area contributed by atoms with E-state index in [1.54, 1.807) is 42.5 Å². The number of oxazole rings is 1. The number of nitrogens with zero attached hydrogens (tertiary/aromatic N) is 3. The van der Waals surface area contributed by atoms with Gasteiger partial charge in [0.25, 0.3) is 5.91 Å². The van der Waals surface area contributed by atoms with Crippen LogP contribution >= 0.6 is 0 Å². The number of aliphatic carboxylic acids is 1. The van der Waals surface area contributed by atoms with Crippen molar-refractivity contribution in [2.75, 3.05) is 29.9 Å². The molecular formula is C29H29F3N4O5. The van der Waals surface area contributed by atoms with Gasteiger partial charge in [-0.25, -0.2) is 9.78 Å². The number of piperidine rings is 2. The number of carbonyl (C=O) groups excluding carboxylic acids is 2. The molecule has 0 spiro atoms. The van der Waals surface area contributed by atoms with Crippen LogP contribution in [0, 0.1) is 5.92 Å². The maximum absolute atomic E-state index is 13.6. The Labute approximate surface area is 234 Å². The van der Waals surface area contributed by atoms with E-state index in [4.69, 9.17) is 4.42 Å². The highest BCUT2D eigenvalue weighted by molar-refractivity contribution is 6.04. The standard InChI is InChI=1S/C29H29F3N4O5/c30-29(31,32)24-23(34-26(41-24)18-6-2-1-3-7-18)25(37)33-20-9-11-21(12-10-20)35-16-13-19(14-17-35)27(38)36-15-5-4-8-22(36)28(39)40/h1-3,6-7,9-12,19,22H,4-5,8,13-17H2,(H,33,37)(H,39,40). The molecule has 2 fully saturated rings. The molecule has 9 nitrogen and oxygen atoms in total. The monoisotopic (exact) mass is 570 g/mol. The zero-order valence-corrected chi connectivity index (χ0v) is 22.1. The van der Waals surface area contributed by atoms with Gasteiger partial charge in [0.1, 0.15) is 6.04 Å². The highest BCUT2D eigenvalue weighted by atomic mass is 19.4. The van der Waals surface area contributed by atoms with E-state index in [0.29, 0.717) is 44.5 Å². The molecule has 1 unspecified atom stereocenters. The van der Waals surface area contributed by atoms with E-state index in [9.17, 15) is 32.7 Å². The first-order valence-electron chi connectivity index (χ1n) is 13.4. The summed E-state index contributed by atoms with van der Waals surface area (Å²) in [5.74, 6) is -4.13. The molecule has 0 bridgehead atoms. The smallest absolute Gasteiger partial charge is 0.452 e. The molecule has 5 rings (SSSR count). The summed E-state index contributed by atoms with van der Waals surface area (Å²) >= 11 is 0. The van der Waals surface area contributed by atoms with Crippen molar-refractivity contribution in [2.45, 2.75) is 44.3 Å². The third-order valence-corrected chi connectivity index (χ3v) is 7.53. The third kappa shape index (κ3) is 6.21. The molecule has 3 heterocycles. The number of hydrogen-bond donors (Lipinski definition) is 2. The molecule has 2 aliphatic rings. The van der Waals surface area contributed by atoms with Crippen molar-refractivity contribution in [1.29, 1.82) is 0 Å². The van der Waals surface area contributed by atoms with Gasteiger partial charge in [-0.15, -0.1) is 0 Å². The fourth-order valence-electron chi connectivity index (χ4n) is 5.39. The second-order valence-corrected chi connectivity index (χ2v) is 10.2. The van der Waals surface area contributed by atoms with E-state index in [1.165, 1.54) is 17.0 Å². The molecule has 0 radical (unpaired) electrons. The summed E-state index contributed by atoms with van der Waals surface area (Å²) in [4.78, 5) is 44.9. The van der Waals surface area contributed by atoms with Crippen LogP contribution in [0.4, 0.5) is 24.5 Å². The summed E-state index contributed by atoms with van der Waals surface area (Å²) in [6.07, 6.45) is -1.67. The van der Waals surface area contributed by atoms with E-state index in [2.05, 4.69) is 15.2 Å². The van der Waals surface area contributed by atoms with Gasteiger partial charge in [0.15, 0.2) is 5.69 Å². The maximum Gasteiger partial charge on any atom is 0.452 e. The van der Waals surface area contributed by atoms with Crippen molar-refractivity contribution in [2.24, 2.45) is 5.92 Å². The first-order valence-corrected chi connectivity index (χ1v) is 13.4. The molecule has 2 N–H and O–H groups in total. The van der Waals surface area contributed by atoms with Gasteiger partial charge >= 0.3 is 12.1 Å². The van der Waals surface area contributed by atoms with Crippen molar-refractivity contribution >= 4 is 29.2 Å². The third-order valence-electron chi connectivity index (χ3n) is 7.53. The second-order valence-electron chi connectivity index (χ2n) is 10.2. The van der Waals surface area contributed by atoms with Gasteiger partial charge in [0.2, 0.25) is 17.6 Å². The normalized spacial score (nSPS) is 18.3. The Hall–Kier alpha value is -4.35. The average Bonchev–Trinajstić information content (AvgIpc) is 3.45. The number of benzene rings is 2. The quantitative estimate of drug-likeness (QED) is 0.414. The average molecular weight is 571 g/mol. The van der Waals surface area contributed by atoms with Crippen LogP contribution in [0.3, 0.4) is 0 Å². The number of rotatable bonds is 6. The molecule has 41 heavy (non-hydrogen) atoms. The van der Waals surface area contributed by atoms with Crippen LogP contribution in [0.25, 0.3) is 11.5 Å². The summed E-state index contributed by atoms with van der Waals surface area (Å²) in [7, 11) is 0. The molecule has 2 saturated heterocycles. The number of aromatic nitrogens is 1. The van der Waals surface area contributed by atoms with E-state index < -0.39 is 35.5 Å². The van der Waals surface area contributed by atoms with Gasteiger partial charge in [-0.1, -0.05) is 18.2 Å². The number of amides is 2. The molecule has 2 aliphatic heterocycles. The number of carbonyl (C=O) groups is 3. The predicted octanol–water partition coefficient (Wildman–Crippen LogP) is 5.29. The van der Waals surface area contributed by atoms with Crippen LogP contribution in [0.5, 0.6) is 0 Å². The number of likely N-dealkylation sites (tertiary alicyclic amines) is 1. The Balaban J connectivity index is 1.21. The minimum absolute atomic E-state index is 0.101. The lowest BCUT2D eigenvalue weighted by Gasteiger charge is -2.39. The maximum atomic E-state index is 13.6. The van der Waals surface area contributed by atoms with Crippen molar-refractivity contribution in [3.05, 3.63) is 66.1 Å². The van der Waals surface area contributed by atoms with Crippen LogP contribution in [0.2, 0.25) is 0 Å². The minimum atomic E-state index is -4.91. The van der Waals surface area contributed by atoms with Crippen molar-refractivity contribution in [3.63, 3.8) is 0 Å². The molecule has 3 aromatic rings. The molecule has 216 valence electrons. The Kier molecular flexibility index (Phi) is 8.00. The highest BCUT2D eigenvalue weighted by Crippen LogP contribution is 2.36. The summed E-state index contributed by atoms with van der Waals surface area (Å²) in [6, 6.07) is 13.9. The largest absolute Gasteiger partial charge is 0.480 e. The number of anilines is 2. The fourth-order valence-corrected chi connectivity index (χ4v) is 5.39. The molecule has 12 heteroatoms. The number of carboxylic acids is 1. The van der Waals surface area contributed by atoms with Crippen molar-refractivity contribution < 1.29 is 37.1 Å². The van der Waals surface area contributed by atoms with Gasteiger partial charge < -0.3 is 24.6 Å². The summed E-state index contributed by atoms with van der Waals surface area (Å²) in [5, 5.41) is 12.0. The number of nitrogens with one attached hydrogen (secondary N) is 1. The first-order chi connectivity index (χ1) is 19.6. The van der Waals surface area contributed by atoms with E-state index in [1.807, 2.05) is 0 Å². The Morgan fingerprint density at radius 2 is 1.61 bits per heavy atom. The lowest BCUT2D eigenvalue weighted by atomic mass is 9.92. The number of hydrogen-bond acceptors (Lipinski definition) is 6. The summed E-state index contributed by atoms with van der Waals surface area (Å²) < 4.78 is 45.8. The van der Waals surface area contributed by atoms with Crippen molar-refractivity contribution in [3.8, 4) is 11.5 Å². The summed E-state index contributed by atoms with van der Waals surface area (Å²) in [6.45, 7) is 1.64. The van der Waals surface area contributed by atoms with E-state index in [-0.39, 0.29) is 23.4 Å². The van der Waals surface area contributed by atoms with E-state index in [0.717, 1.165) is 18.5 Å². The fraction of sp³-hybridized carbons (Fsp3) is 0.379. The zero-order valence-electron chi connectivity index (χ0n) is 22.1. The SMILES string of the molecule is O=C(Nc1ccc(N2CCC(C(=O)N3CCCCC3C(=O)O)CC2)cc1)c1nc(-c2ccccc2)oc1C(F)(F)F. The predicted molar refractivity (Wildman–Crippen MR) is 143 cm³/mol. The molecular weight excluding hydrogens is 541 g/mol.